The lowest BCUT2D eigenvalue weighted by molar-refractivity contribution is 0.0302. The third-order valence-corrected chi connectivity index (χ3v) is 4.87. The minimum atomic E-state index is -0.292. The Kier molecular flexibility index (Phi) is 4.79. The van der Waals surface area contributed by atoms with Gasteiger partial charge in [0.05, 0.1) is 25.1 Å². The highest BCUT2D eigenvalue weighted by molar-refractivity contribution is 6.11. The summed E-state index contributed by atoms with van der Waals surface area (Å²) in [6.07, 6.45) is 3.21. The van der Waals surface area contributed by atoms with E-state index in [1.54, 1.807) is 40.2 Å². The average molecular weight is 379 g/mol. The van der Waals surface area contributed by atoms with E-state index >= 15 is 0 Å². The largest absolute Gasteiger partial charge is 0.378 e. The van der Waals surface area contributed by atoms with Crippen LogP contribution < -0.4 is 5.32 Å². The van der Waals surface area contributed by atoms with Crippen molar-refractivity contribution < 1.29 is 14.3 Å². The second kappa shape index (κ2) is 7.40. The van der Waals surface area contributed by atoms with Gasteiger partial charge in [0.2, 0.25) is 0 Å². The van der Waals surface area contributed by atoms with Crippen LogP contribution in [0, 0.1) is 6.92 Å². The highest BCUT2D eigenvalue weighted by Gasteiger charge is 2.21. The summed E-state index contributed by atoms with van der Waals surface area (Å²) >= 11 is 0. The highest BCUT2D eigenvalue weighted by Crippen LogP contribution is 2.20. The van der Waals surface area contributed by atoms with Crippen LogP contribution in [0.15, 0.2) is 36.8 Å². The Hall–Kier alpha value is -3.26. The van der Waals surface area contributed by atoms with Crippen LogP contribution in [0.5, 0.6) is 0 Å². The van der Waals surface area contributed by atoms with Gasteiger partial charge in [-0.25, -0.2) is 9.97 Å². The molecule has 1 saturated heterocycles. The van der Waals surface area contributed by atoms with Gasteiger partial charge in [-0.1, -0.05) is 6.07 Å². The number of rotatable bonds is 3. The number of benzene rings is 1. The molecule has 0 saturated carbocycles. The molecule has 8 heteroatoms. The van der Waals surface area contributed by atoms with Crippen LogP contribution >= 0.6 is 0 Å². The van der Waals surface area contributed by atoms with Gasteiger partial charge >= 0.3 is 0 Å². The van der Waals surface area contributed by atoms with Gasteiger partial charge in [0.15, 0.2) is 5.65 Å². The molecule has 3 heterocycles. The van der Waals surface area contributed by atoms with E-state index in [1.165, 1.54) is 0 Å². The van der Waals surface area contributed by atoms with Crippen LogP contribution in [0.25, 0.3) is 11.2 Å². The van der Waals surface area contributed by atoms with Crippen LogP contribution in [0.1, 0.15) is 26.3 Å². The molecular weight excluding hydrogens is 358 g/mol. The zero-order valence-corrected chi connectivity index (χ0v) is 15.8. The fourth-order valence-electron chi connectivity index (χ4n) is 3.28. The SMILES string of the molecule is Cc1ccc(NC(=O)c2ccnc3c2ncn3C)cc1C(=O)N1CCOCC1. The molecule has 1 N–H and O–H groups in total. The van der Waals surface area contributed by atoms with Crippen molar-refractivity contribution in [1.82, 2.24) is 19.4 Å². The summed E-state index contributed by atoms with van der Waals surface area (Å²) in [5.41, 5.74) is 3.63. The van der Waals surface area contributed by atoms with E-state index in [-0.39, 0.29) is 11.8 Å². The van der Waals surface area contributed by atoms with Crippen LogP contribution in [-0.2, 0) is 11.8 Å². The summed E-state index contributed by atoms with van der Waals surface area (Å²) in [5.74, 6) is -0.340. The maximum Gasteiger partial charge on any atom is 0.258 e. The molecule has 2 amide bonds. The number of morpholine rings is 1. The third-order valence-electron chi connectivity index (χ3n) is 4.87. The van der Waals surface area contributed by atoms with Gasteiger partial charge in [-0.15, -0.1) is 0 Å². The molecule has 0 aliphatic carbocycles. The Labute approximate surface area is 162 Å². The first kappa shape index (κ1) is 18.1. The van der Waals surface area contributed by atoms with Crippen molar-refractivity contribution in [1.29, 1.82) is 0 Å². The van der Waals surface area contributed by atoms with Gasteiger partial charge in [0, 0.05) is 37.6 Å². The number of carbonyl (C=O) groups excluding carboxylic acids is 2. The van der Waals surface area contributed by atoms with E-state index in [0.717, 1.165) is 5.56 Å². The normalized spacial score (nSPS) is 14.3. The topological polar surface area (TPSA) is 89.3 Å². The number of aryl methyl sites for hydroxylation is 2. The van der Waals surface area contributed by atoms with Gasteiger partial charge in [-0.2, -0.15) is 0 Å². The Balaban J connectivity index is 1.59. The van der Waals surface area contributed by atoms with E-state index in [9.17, 15) is 9.59 Å². The molecule has 0 radical (unpaired) electrons. The molecule has 1 fully saturated rings. The van der Waals surface area contributed by atoms with Crippen molar-refractivity contribution in [2.24, 2.45) is 7.05 Å². The second-order valence-corrected chi connectivity index (χ2v) is 6.77. The molecule has 1 aliphatic rings. The van der Waals surface area contributed by atoms with Gasteiger partial charge < -0.3 is 19.5 Å². The van der Waals surface area contributed by atoms with E-state index in [2.05, 4.69) is 15.3 Å². The Bertz CT molecular complexity index is 1050. The molecule has 28 heavy (non-hydrogen) atoms. The number of nitrogens with zero attached hydrogens (tertiary/aromatic N) is 4. The first-order valence-corrected chi connectivity index (χ1v) is 9.09. The zero-order valence-electron chi connectivity index (χ0n) is 15.8. The second-order valence-electron chi connectivity index (χ2n) is 6.77. The van der Waals surface area contributed by atoms with Gasteiger partial charge in [-0.05, 0) is 30.7 Å². The number of amides is 2. The van der Waals surface area contributed by atoms with Crippen LogP contribution in [0.2, 0.25) is 0 Å². The number of hydrogen-bond donors (Lipinski definition) is 1. The van der Waals surface area contributed by atoms with Crippen molar-refractivity contribution in [3.63, 3.8) is 0 Å². The molecule has 0 bridgehead atoms. The molecule has 4 rings (SSSR count). The van der Waals surface area contributed by atoms with Crippen LogP contribution in [0.3, 0.4) is 0 Å². The first-order valence-electron chi connectivity index (χ1n) is 9.09. The molecular formula is C20H21N5O3. The van der Waals surface area contributed by atoms with E-state index in [1.807, 2.05) is 20.0 Å². The fraction of sp³-hybridized carbons (Fsp3) is 0.300. The van der Waals surface area contributed by atoms with Crippen molar-refractivity contribution in [2.45, 2.75) is 6.92 Å². The van der Waals surface area contributed by atoms with Crippen molar-refractivity contribution in [2.75, 3.05) is 31.6 Å². The number of carbonyl (C=O) groups is 2. The monoisotopic (exact) mass is 379 g/mol. The minimum absolute atomic E-state index is 0.0482. The molecule has 1 aliphatic heterocycles. The fourth-order valence-corrected chi connectivity index (χ4v) is 3.28. The molecule has 0 spiro atoms. The van der Waals surface area contributed by atoms with E-state index in [4.69, 9.17) is 4.74 Å². The zero-order chi connectivity index (χ0) is 19.7. The van der Waals surface area contributed by atoms with Gasteiger partial charge in [0.1, 0.15) is 5.52 Å². The van der Waals surface area contributed by atoms with Gasteiger partial charge in [0.25, 0.3) is 11.8 Å². The molecule has 2 aromatic heterocycles. The summed E-state index contributed by atoms with van der Waals surface area (Å²) in [6.45, 7) is 4.12. The lowest BCUT2D eigenvalue weighted by Crippen LogP contribution is -2.41. The molecule has 144 valence electrons. The predicted molar refractivity (Wildman–Crippen MR) is 104 cm³/mol. The number of nitrogens with one attached hydrogen (secondary N) is 1. The Morgan fingerprint density at radius 1 is 1.11 bits per heavy atom. The van der Waals surface area contributed by atoms with Crippen molar-refractivity contribution >= 4 is 28.7 Å². The summed E-state index contributed by atoms with van der Waals surface area (Å²) in [7, 11) is 1.83. The smallest absolute Gasteiger partial charge is 0.258 e. The van der Waals surface area contributed by atoms with Gasteiger partial charge in [-0.3, -0.25) is 9.59 Å². The average Bonchev–Trinajstić information content (AvgIpc) is 3.10. The number of fused-ring (bicyclic) bond motifs is 1. The first-order chi connectivity index (χ1) is 13.5. The maximum absolute atomic E-state index is 12.8. The van der Waals surface area contributed by atoms with E-state index < -0.39 is 0 Å². The maximum atomic E-state index is 12.8. The minimum Gasteiger partial charge on any atom is -0.378 e. The standard InChI is InChI=1S/C20H21N5O3/c1-13-3-4-14(11-16(13)20(27)25-7-9-28-10-8-25)23-19(26)15-5-6-21-18-17(15)22-12-24(18)2/h3-6,11-12H,7-10H2,1-2H3,(H,23,26). The molecule has 3 aromatic rings. The molecule has 0 atom stereocenters. The Morgan fingerprint density at radius 2 is 1.89 bits per heavy atom. The van der Waals surface area contributed by atoms with Crippen molar-refractivity contribution in [3.05, 3.63) is 53.5 Å². The van der Waals surface area contributed by atoms with Crippen molar-refractivity contribution in [3.8, 4) is 0 Å². The number of ether oxygens (including phenoxy) is 1. The summed E-state index contributed by atoms with van der Waals surface area (Å²) in [6, 6.07) is 6.99. The number of aromatic nitrogens is 3. The summed E-state index contributed by atoms with van der Waals surface area (Å²) in [5, 5.41) is 2.87. The summed E-state index contributed by atoms with van der Waals surface area (Å²) < 4.78 is 7.08. The predicted octanol–water partition coefficient (Wildman–Crippen LogP) is 2.00. The number of imidazole rings is 1. The third kappa shape index (κ3) is 3.34. The van der Waals surface area contributed by atoms with Crippen LogP contribution in [0.4, 0.5) is 5.69 Å². The lowest BCUT2D eigenvalue weighted by atomic mass is 10.1. The summed E-state index contributed by atoms with van der Waals surface area (Å²) in [4.78, 5) is 35.9. The number of anilines is 1. The number of hydrogen-bond acceptors (Lipinski definition) is 5. The van der Waals surface area contributed by atoms with E-state index in [0.29, 0.717) is 54.3 Å². The molecule has 8 nitrogen and oxygen atoms in total. The number of pyridine rings is 1. The molecule has 0 unspecified atom stereocenters. The molecule has 1 aromatic carbocycles. The Morgan fingerprint density at radius 3 is 2.68 bits per heavy atom. The lowest BCUT2D eigenvalue weighted by Gasteiger charge is -2.27. The highest BCUT2D eigenvalue weighted by atomic mass is 16.5. The van der Waals surface area contributed by atoms with Crippen LogP contribution in [-0.4, -0.2) is 57.6 Å². The quantitative estimate of drug-likeness (QED) is 0.752.